The van der Waals surface area contributed by atoms with E-state index in [-0.39, 0.29) is 23.0 Å². The fourth-order valence-corrected chi connectivity index (χ4v) is 4.69. The van der Waals surface area contributed by atoms with Crippen LogP contribution in [0.3, 0.4) is 0 Å². The lowest BCUT2D eigenvalue weighted by molar-refractivity contribution is 0.187. The number of rotatable bonds is 4. The Morgan fingerprint density at radius 1 is 1.38 bits per heavy atom. The Kier molecular flexibility index (Phi) is 4.52. The number of nitrogens with zero attached hydrogens (tertiary/aromatic N) is 2. The van der Waals surface area contributed by atoms with Crippen LogP contribution < -0.4 is 0 Å². The van der Waals surface area contributed by atoms with Crippen molar-refractivity contribution >= 4 is 10.0 Å². The Bertz CT molecular complexity index is 602. The van der Waals surface area contributed by atoms with Crippen molar-refractivity contribution in [2.45, 2.75) is 58.1 Å². The quantitative estimate of drug-likeness (QED) is 0.928. The monoisotopic (exact) mass is 314 g/mol. The van der Waals surface area contributed by atoms with Crippen molar-refractivity contribution in [2.24, 2.45) is 5.41 Å². The third kappa shape index (κ3) is 3.33. The summed E-state index contributed by atoms with van der Waals surface area (Å²) in [6.07, 6.45) is 3.59. The summed E-state index contributed by atoms with van der Waals surface area (Å²) >= 11 is 0. The van der Waals surface area contributed by atoms with E-state index < -0.39 is 10.0 Å². The largest absolute Gasteiger partial charge is 0.390 e. The predicted octanol–water partition coefficient (Wildman–Crippen LogP) is 2.37. The Hall–Kier alpha value is -0.850. The molecule has 1 aromatic heterocycles. The maximum absolute atomic E-state index is 12.8. The van der Waals surface area contributed by atoms with Gasteiger partial charge in [-0.3, -0.25) is 0 Å². The molecule has 0 saturated carbocycles. The number of aliphatic hydroxyl groups is 1. The van der Waals surface area contributed by atoms with E-state index in [2.05, 4.69) is 13.8 Å². The summed E-state index contributed by atoms with van der Waals surface area (Å²) < 4.78 is 29.0. The summed E-state index contributed by atoms with van der Waals surface area (Å²) in [5, 5.41) is 9.41. The molecule has 0 aromatic carbocycles. The Morgan fingerprint density at radius 2 is 2.05 bits per heavy atom. The van der Waals surface area contributed by atoms with Crippen LogP contribution in [0.4, 0.5) is 0 Å². The lowest BCUT2D eigenvalue weighted by atomic mass is 9.85. The summed E-state index contributed by atoms with van der Waals surface area (Å²) in [7, 11) is -3.48. The molecule has 6 heteroatoms. The van der Waals surface area contributed by atoms with E-state index in [1.807, 2.05) is 18.4 Å². The van der Waals surface area contributed by atoms with E-state index in [1.54, 1.807) is 16.6 Å². The maximum Gasteiger partial charge on any atom is 0.244 e. The lowest BCUT2D eigenvalue weighted by Crippen LogP contribution is -2.43. The van der Waals surface area contributed by atoms with Gasteiger partial charge in [0.05, 0.1) is 6.61 Å². The fraction of sp³-hybridized carbons (Fsp3) is 0.733. The molecule has 120 valence electrons. The minimum atomic E-state index is -3.48. The van der Waals surface area contributed by atoms with Gasteiger partial charge in [0.1, 0.15) is 4.90 Å². The highest BCUT2D eigenvalue weighted by molar-refractivity contribution is 7.89. The zero-order chi connectivity index (χ0) is 15.8. The highest BCUT2D eigenvalue weighted by atomic mass is 32.2. The molecule has 1 aliphatic heterocycles. The molecule has 0 bridgehead atoms. The van der Waals surface area contributed by atoms with Gasteiger partial charge in [-0.25, -0.2) is 8.42 Å². The van der Waals surface area contributed by atoms with E-state index in [0.29, 0.717) is 18.8 Å². The molecule has 0 aliphatic carbocycles. The molecule has 0 radical (unpaired) electrons. The number of aromatic nitrogens is 1. The second kappa shape index (κ2) is 5.74. The van der Waals surface area contributed by atoms with Gasteiger partial charge >= 0.3 is 0 Å². The van der Waals surface area contributed by atoms with Crippen LogP contribution in [0.5, 0.6) is 0 Å². The second-order valence-corrected chi connectivity index (χ2v) is 8.87. The minimum Gasteiger partial charge on any atom is -0.390 e. The Morgan fingerprint density at radius 3 is 2.52 bits per heavy atom. The van der Waals surface area contributed by atoms with Gasteiger partial charge in [0.25, 0.3) is 0 Å². The maximum atomic E-state index is 12.8. The van der Waals surface area contributed by atoms with Gasteiger partial charge in [-0.2, -0.15) is 4.31 Å². The van der Waals surface area contributed by atoms with Crippen LogP contribution in [0.1, 0.15) is 52.3 Å². The molecule has 0 spiro atoms. The molecule has 1 aliphatic rings. The van der Waals surface area contributed by atoms with Gasteiger partial charge in [0, 0.05) is 31.0 Å². The van der Waals surface area contributed by atoms with Crippen molar-refractivity contribution in [3.05, 3.63) is 18.0 Å². The standard InChI is InChI=1S/C15H26N2O3S/c1-12(2)17-9-14(8-13(17)10-18)21(19,20)16-7-5-6-15(3,4)11-16/h8-9,12,18H,5-7,10-11H2,1-4H3. The van der Waals surface area contributed by atoms with E-state index >= 15 is 0 Å². The molecule has 5 nitrogen and oxygen atoms in total. The van der Waals surface area contributed by atoms with Crippen LogP contribution in [-0.2, 0) is 16.6 Å². The number of hydrogen-bond donors (Lipinski definition) is 1. The first-order chi connectivity index (χ1) is 9.67. The molecule has 1 saturated heterocycles. The van der Waals surface area contributed by atoms with Gasteiger partial charge in [0.15, 0.2) is 0 Å². The summed E-state index contributed by atoms with van der Waals surface area (Å²) in [6.45, 7) is 9.13. The van der Waals surface area contributed by atoms with Gasteiger partial charge in [-0.15, -0.1) is 0 Å². The average molecular weight is 314 g/mol. The van der Waals surface area contributed by atoms with Gasteiger partial charge in [-0.05, 0) is 38.2 Å². The van der Waals surface area contributed by atoms with Crippen molar-refractivity contribution in [2.75, 3.05) is 13.1 Å². The van der Waals surface area contributed by atoms with E-state index in [1.165, 1.54) is 0 Å². The van der Waals surface area contributed by atoms with Crippen molar-refractivity contribution in [3.63, 3.8) is 0 Å². The summed E-state index contributed by atoms with van der Waals surface area (Å²) in [4.78, 5) is 0.290. The number of sulfonamides is 1. The second-order valence-electron chi connectivity index (χ2n) is 6.93. The van der Waals surface area contributed by atoms with Crippen LogP contribution in [0.25, 0.3) is 0 Å². The van der Waals surface area contributed by atoms with Gasteiger partial charge < -0.3 is 9.67 Å². The molecule has 1 N–H and O–H groups in total. The van der Waals surface area contributed by atoms with Gasteiger partial charge in [-0.1, -0.05) is 13.8 Å². The van der Waals surface area contributed by atoms with Crippen LogP contribution >= 0.6 is 0 Å². The highest BCUT2D eigenvalue weighted by Crippen LogP contribution is 2.32. The molecule has 0 unspecified atom stereocenters. The molecule has 1 fully saturated rings. The smallest absolute Gasteiger partial charge is 0.244 e. The summed E-state index contributed by atoms with van der Waals surface area (Å²) in [5.41, 5.74) is 0.658. The van der Waals surface area contributed by atoms with Crippen LogP contribution in [0.2, 0.25) is 0 Å². The average Bonchev–Trinajstić information content (AvgIpc) is 2.82. The van der Waals surface area contributed by atoms with Crippen LogP contribution in [-0.4, -0.2) is 35.5 Å². The van der Waals surface area contributed by atoms with Crippen LogP contribution in [0, 0.1) is 5.41 Å². The van der Waals surface area contributed by atoms with E-state index in [0.717, 1.165) is 12.8 Å². The molecular formula is C15H26N2O3S. The molecule has 1 aromatic rings. The number of aliphatic hydroxyl groups excluding tert-OH is 1. The third-order valence-corrected chi connectivity index (χ3v) is 5.94. The molecule has 2 rings (SSSR count). The minimum absolute atomic E-state index is 0.0196. The number of hydrogen-bond acceptors (Lipinski definition) is 3. The predicted molar refractivity (Wildman–Crippen MR) is 82.5 cm³/mol. The van der Waals surface area contributed by atoms with E-state index in [9.17, 15) is 13.5 Å². The molecule has 0 amide bonds. The van der Waals surface area contributed by atoms with Crippen molar-refractivity contribution in [3.8, 4) is 0 Å². The number of piperidine rings is 1. The first-order valence-corrected chi connectivity index (χ1v) is 8.93. The molecular weight excluding hydrogens is 288 g/mol. The molecule has 0 atom stereocenters. The first kappa shape index (κ1) is 16.5. The van der Waals surface area contributed by atoms with Crippen molar-refractivity contribution in [1.82, 2.24) is 8.87 Å². The Balaban J connectivity index is 2.35. The van der Waals surface area contributed by atoms with Gasteiger partial charge in [0.2, 0.25) is 10.0 Å². The lowest BCUT2D eigenvalue weighted by Gasteiger charge is -2.36. The first-order valence-electron chi connectivity index (χ1n) is 7.49. The van der Waals surface area contributed by atoms with Crippen molar-refractivity contribution < 1.29 is 13.5 Å². The molecule has 2 heterocycles. The Labute approximate surface area is 127 Å². The fourth-order valence-electron chi connectivity index (χ4n) is 2.97. The van der Waals surface area contributed by atoms with Crippen LogP contribution in [0.15, 0.2) is 17.2 Å². The SMILES string of the molecule is CC(C)n1cc(S(=O)(=O)N2CCCC(C)(C)C2)cc1CO. The zero-order valence-corrected chi connectivity index (χ0v) is 14.2. The topological polar surface area (TPSA) is 62.5 Å². The molecule has 21 heavy (non-hydrogen) atoms. The highest BCUT2D eigenvalue weighted by Gasteiger charge is 2.34. The van der Waals surface area contributed by atoms with E-state index in [4.69, 9.17) is 0 Å². The zero-order valence-electron chi connectivity index (χ0n) is 13.3. The summed E-state index contributed by atoms with van der Waals surface area (Å²) in [5.74, 6) is 0. The third-order valence-electron chi connectivity index (χ3n) is 4.13. The summed E-state index contributed by atoms with van der Waals surface area (Å²) in [6, 6.07) is 1.71. The normalized spacial score (nSPS) is 20.1. The van der Waals surface area contributed by atoms with Crippen molar-refractivity contribution in [1.29, 1.82) is 0 Å².